The standard InChI is InChI=1S/C13H16N4O3/c1-3-6-17-12(11(13(18)19)15-16-17)8-4-5-10(20-2)9(14)7-8/h4-5,7H,3,6,14H2,1-2H3,(H,18,19). The maximum Gasteiger partial charge on any atom is 0.358 e. The second-order valence-electron chi connectivity index (χ2n) is 4.27. The van der Waals surface area contributed by atoms with E-state index in [9.17, 15) is 9.90 Å². The van der Waals surface area contributed by atoms with Crippen molar-refractivity contribution < 1.29 is 14.6 Å². The molecule has 7 nitrogen and oxygen atoms in total. The van der Waals surface area contributed by atoms with Gasteiger partial charge in [-0.05, 0) is 24.6 Å². The molecule has 0 bridgehead atoms. The van der Waals surface area contributed by atoms with Gasteiger partial charge >= 0.3 is 5.97 Å². The Balaban J connectivity index is 2.57. The number of hydrogen-bond acceptors (Lipinski definition) is 5. The van der Waals surface area contributed by atoms with E-state index in [2.05, 4.69) is 10.3 Å². The normalized spacial score (nSPS) is 10.5. The molecule has 0 amide bonds. The fourth-order valence-corrected chi connectivity index (χ4v) is 1.99. The molecule has 0 fully saturated rings. The number of hydrogen-bond donors (Lipinski definition) is 2. The van der Waals surface area contributed by atoms with Crippen LogP contribution in [-0.2, 0) is 6.54 Å². The molecular weight excluding hydrogens is 260 g/mol. The minimum Gasteiger partial charge on any atom is -0.495 e. The molecule has 2 aromatic rings. The highest BCUT2D eigenvalue weighted by Crippen LogP contribution is 2.29. The Morgan fingerprint density at radius 2 is 2.25 bits per heavy atom. The molecule has 0 atom stereocenters. The zero-order chi connectivity index (χ0) is 14.7. The van der Waals surface area contributed by atoms with Crippen LogP contribution in [0.3, 0.4) is 0 Å². The molecule has 20 heavy (non-hydrogen) atoms. The number of nitrogens with two attached hydrogens (primary N) is 1. The van der Waals surface area contributed by atoms with E-state index in [0.717, 1.165) is 6.42 Å². The minimum absolute atomic E-state index is 0.0805. The summed E-state index contributed by atoms with van der Waals surface area (Å²) in [5.41, 5.74) is 7.33. The second kappa shape index (κ2) is 5.60. The summed E-state index contributed by atoms with van der Waals surface area (Å²) in [7, 11) is 1.52. The first kappa shape index (κ1) is 13.9. The van der Waals surface area contributed by atoms with Crippen molar-refractivity contribution in [2.24, 2.45) is 0 Å². The molecule has 0 spiro atoms. The first-order valence-corrected chi connectivity index (χ1v) is 6.19. The summed E-state index contributed by atoms with van der Waals surface area (Å²) >= 11 is 0. The summed E-state index contributed by atoms with van der Waals surface area (Å²) in [6.07, 6.45) is 0.820. The highest BCUT2D eigenvalue weighted by molar-refractivity contribution is 5.93. The van der Waals surface area contributed by atoms with Crippen molar-refractivity contribution in [1.29, 1.82) is 0 Å². The van der Waals surface area contributed by atoms with Crippen molar-refractivity contribution in [3.05, 3.63) is 23.9 Å². The molecule has 3 N–H and O–H groups in total. The average molecular weight is 276 g/mol. The van der Waals surface area contributed by atoms with Gasteiger partial charge in [-0.25, -0.2) is 9.48 Å². The Labute approximate surface area is 116 Å². The molecule has 0 aliphatic carbocycles. The lowest BCUT2D eigenvalue weighted by molar-refractivity contribution is 0.0691. The first-order valence-electron chi connectivity index (χ1n) is 6.19. The maximum absolute atomic E-state index is 11.2. The van der Waals surface area contributed by atoms with E-state index in [1.807, 2.05) is 6.92 Å². The third kappa shape index (κ3) is 2.42. The van der Waals surface area contributed by atoms with Crippen LogP contribution in [0.15, 0.2) is 18.2 Å². The Hall–Kier alpha value is -2.57. The van der Waals surface area contributed by atoms with Crippen LogP contribution in [0.4, 0.5) is 5.69 Å². The third-order valence-electron chi connectivity index (χ3n) is 2.88. The zero-order valence-corrected chi connectivity index (χ0v) is 11.3. The maximum atomic E-state index is 11.2. The summed E-state index contributed by atoms with van der Waals surface area (Å²) in [5.74, 6) is -0.572. The van der Waals surface area contributed by atoms with Gasteiger partial charge in [0.05, 0.1) is 12.8 Å². The van der Waals surface area contributed by atoms with Crippen LogP contribution in [0.2, 0.25) is 0 Å². The van der Waals surface area contributed by atoms with Crippen LogP contribution in [0.5, 0.6) is 5.75 Å². The molecule has 0 aliphatic heterocycles. The van der Waals surface area contributed by atoms with Gasteiger partial charge in [-0.3, -0.25) is 0 Å². The van der Waals surface area contributed by atoms with Gasteiger partial charge in [-0.15, -0.1) is 5.10 Å². The van der Waals surface area contributed by atoms with Gasteiger partial charge in [0.25, 0.3) is 0 Å². The Kier molecular flexibility index (Phi) is 3.88. The van der Waals surface area contributed by atoms with Crippen LogP contribution in [0.1, 0.15) is 23.8 Å². The number of ether oxygens (including phenoxy) is 1. The molecule has 106 valence electrons. The summed E-state index contributed by atoms with van der Waals surface area (Å²) < 4.78 is 6.67. The molecule has 7 heteroatoms. The summed E-state index contributed by atoms with van der Waals surface area (Å²) in [5, 5.41) is 16.8. The van der Waals surface area contributed by atoms with Crippen molar-refractivity contribution >= 4 is 11.7 Å². The van der Waals surface area contributed by atoms with Crippen molar-refractivity contribution in [3.63, 3.8) is 0 Å². The monoisotopic (exact) mass is 276 g/mol. The number of anilines is 1. The van der Waals surface area contributed by atoms with Gasteiger partial charge in [0.1, 0.15) is 11.4 Å². The number of aromatic carboxylic acids is 1. The fourth-order valence-electron chi connectivity index (χ4n) is 1.99. The summed E-state index contributed by atoms with van der Waals surface area (Å²) in [6, 6.07) is 5.10. The van der Waals surface area contributed by atoms with Gasteiger partial charge in [-0.2, -0.15) is 0 Å². The molecule has 0 unspecified atom stereocenters. The third-order valence-corrected chi connectivity index (χ3v) is 2.88. The molecule has 1 aromatic carbocycles. The number of benzene rings is 1. The smallest absolute Gasteiger partial charge is 0.358 e. The molecule has 0 saturated carbocycles. The second-order valence-corrected chi connectivity index (χ2v) is 4.27. The quantitative estimate of drug-likeness (QED) is 0.805. The van der Waals surface area contributed by atoms with E-state index in [4.69, 9.17) is 10.5 Å². The number of carboxylic acids is 1. The van der Waals surface area contributed by atoms with Gasteiger partial charge in [0.2, 0.25) is 0 Å². The Morgan fingerprint density at radius 1 is 1.50 bits per heavy atom. The van der Waals surface area contributed by atoms with Crippen molar-refractivity contribution in [1.82, 2.24) is 15.0 Å². The molecule has 1 aromatic heterocycles. The van der Waals surface area contributed by atoms with Gasteiger partial charge in [0, 0.05) is 12.1 Å². The van der Waals surface area contributed by atoms with E-state index in [1.54, 1.807) is 22.9 Å². The molecule has 0 radical (unpaired) electrons. The molecule has 2 rings (SSSR count). The molecule has 1 heterocycles. The topological polar surface area (TPSA) is 103 Å². The average Bonchev–Trinajstić information content (AvgIpc) is 2.83. The number of aromatic nitrogens is 3. The number of nitrogens with zero attached hydrogens (tertiary/aromatic N) is 3. The highest BCUT2D eigenvalue weighted by atomic mass is 16.5. The van der Waals surface area contributed by atoms with E-state index in [-0.39, 0.29) is 5.69 Å². The fraction of sp³-hybridized carbons (Fsp3) is 0.308. The number of carbonyl (C=O) groups is 1. The summed E-state index contributed by atoms with van der Waals surface area (Å²) in [4.78, 5) is 11.2. The van der Waals surface area contributed by atoms with Gasteiger partial charge in [-0.1, -0.05) is 12.1 Å². The van der Waals surface area contributed by atoms with E-state index in [1.165, 1.54) is 7.11 Å². The lowest BCUT2D eigenvalue weighted by Crippen LogP contribution is -2.05. The van der Waals surface area contributed by atoms with Crippen LogP contribution < -0.4 is 10.5 Å². The SMILES string of the molecule is CCCn1nnc(C(=O)O)c1-c1ccc(OC)c(N)c1. The minimum atomic E-state index is -1.11. The summed E-state index contributed by atoms with van der Waals surface area (Å²) in [6.45, 7) is 2.57. The van der Waals surface area contributed by atoms with Crippen LogP contribution in [-0.4, -0.2) is 33.2 Å². The van der Waals surface area contributed by atoms with E-state index >= 15 is 0 Å². The lowest BCUT2D eigenvalue weighted by atomic mass is 10.1. The highest BCUT2D eigenvalue weighted by Gasteiger charge is 2.20. The Morgan fingerprint density at radius 3 is 2.80 bits per heavy atom. The van der Waals surface area contributed by atoms with Crippen molar-refractivity contribution in [2.45, 2.75) is 19.9 Å². The van der Waals surface area contributed by atoms with Crippen LogP contribution in [0, 0.1) is 0 Å². The predicted octanol–water partition coefficient (Wildman–Crippen LogP) is 1.64. The number of aryl methyl sites for hydroxylation is 1. The first-order chi connectivity index (χ1) is 9.58. The van der Waals surface area contributed by atoms with Crippen LogP contribution >= 0.6 is 0 Å². The number of methoxy groups -OCH3 is 1. The van der Waals surface area contributed by atoms with Crippen molar-refractivity contribution in [2.75, 3.05) is 12.8 Å². The van der Waals surface area contributed by atoms with E-state index in [0.29, 0.717) is 29.2 Å². The molecular formula is C13H16N4O3. The number of rotatable bonds is 5. The predicted molar refractivity (Wildman–Crippen MR) is 73.7 cm³/mol. The van der Waals surface area contributed by atoms with Crippen LogP contribution in [0.25, 0.3) is 11.3 Å². The lowest BCUT2D eigenvalue weighted by Gasteiger charge is -2.09. The van der Waals surface area contributed by atoms with Gasteiger partial charge < -0.3 is 15.6 Å². The van der Waals surface area contributed by atoms with Gasteiger partial charge in [0.15, 0.2) is 5.69 Å². The van der Waals surface area contributed by atoms with E-state index < -0.39 is 5.97 Å². The molecule has 0 saturated heterocycles. The number of carboxylic acid groups (broad SMARTS) is 1. The largest absolute Gasteiger partial charge is 0.495 e. The van der Waals surface area contributed by atoms with Crippen molar-refractivity contribution in [3.8, 4) is 17.0 Å². The Bertz CT molecular complexity index is 637. The molecule has 0 aliphatic rings. The number of nitrogen functional groups attached to an aromatic ring is 1. The zero-order valence-electron chi connectivity index (χ0n) is 11.3.